The number of nitrogens with zero attached hydrogens (tertiary/aromatic N) is 2. The standard InChI is InChI=1S/C16H29N3O2/c1-12(16(21)17-14-6-4-5-7-14)19-10-8-15(9-11-19)18(3)13(2)20/h12,14-15H,4-11H2,1-3H3,(H,17,21). The first-order valence-electron chi connectivity index (χ1n) is 8.27. The van der Waals surface area contributed by atoms with E-state index in [2.05, 4.69) is 10.2 Å². The Kier molecular flexibility index (Phi) is 5.62. The molecule has 1 heterocycles. The van der Waals surface area contributed by atoms with Crippen LogP contribution in [0.4, 0.5) is 0 Å². The second-order valence-electron chi connectivity index (χ2n) is 6.56. The van der Waals surface area contributed by atoms with E-state index < -0.39 is 0 Å². The molecule has 2 amide bonds. The lowest BCUT2D eigenvalue weighted by atomic mass is 10.0. The smallest absolute Gasteiger partial charge is 0.237 e. The van der Waals surface area contributed by atoms with Crippen molar-refractivity contribution in [1.29, 1.82) is 0 Å². The third kappa shape index (κ3) is 4.19. The zero-order valence-electron chi connectivity index (χ0n) is 13.6. The monoisotopic (exact) mass is 295 g/mol. The van der Waals surface area contributed by atoms with Crippen molar-refractivity contribution in [3.63, 3.8) is 0 Å². The Bertz CT molecular complexity index is 372. The first kappa shape index (κ1) is 16.3. The fourth-order valence-corrected chi connectivity index (χ4v) is 3.48. The molecule has 0 aromatic carbocycles. The van der Waals surface area contributed by atoms with Gasteiger partial charge in [0.25, 0.3) is 0 Å². The van der Waals surface area contributed by atoms with E-state index in [9.17, 15) is 9.59 Å². The molecule has 0 radical (unpaired) electrons. The molecular formula is C16H29N3O2. The van der Waals surface area contributed by atoms with Crippen LogP contribution < -0.4 is 5.32 Å². The van der Waals surface area contributed by atoms with Gasteiger partial charge in [0.15, 0.2) is 0 Å². The van der Waals surface area contributed by atoms with Crippen molar-refractivity contribution in [3.05, 3.63) is 0 Å². The van der Waals surface area contributed by atoms with Gasteiger partial charge >= 0.3 is 0 Å². The van der Waals surface area contributed by atoms with Gasteiger partial charge in [-0.25, -0.2) is 0 Å². The average molecular weight is 295 g/mol. The molecule has 0 spiro atoms. The Morgan fingerprint density at radius 3 is 2.24 bits per heavy atom. The molecule has 1 N–H and O–H groups in total. The molecule has 2 aliphatic rings. The third-order valence-corrected chi connectivity index (χ3v) is 5.17. The molecule has 5 heteroatoms. The van der Waals surface area contributed by atoms with Crippen molar-refractivity contribution in [1.82, 2.24) is 15.1 Å². The number of likely N-dealkylation sites (tertiary alicyclic amines) is 1. The van der Waals surface area contributed by atoms with Crippen LogP contribution in [-0.2, 0) is 9.59 Å². The summed E-state index contributed by atoms with van der Waals surface area (Å²) in [6, 6.07) is 0.652. The highest BCUT2D eigenvalue weighted by atomic mass is 16.2. The van der Waals surface area contributed by atoms with Crippen molar-refractivity contribution >= 4 is 11.8 Å². The van der Waals surface area contributed by atoms with Crippen LogP contribution in [0.3, 0.4) is 0 Å². The first-order chi connectivity index (χ1) is 9.99. The van der Waals surface area contributed by atoms with Gasteiger partial charge in [0.1, 0.15) is 0 Å². The molecule has 1 aliphatic carbocycles. The summed E-state index contributed by atoms with van der Waals surface area (Å²) >= 11 is 0. The minimum Gasteiger partial charge on any atom is -0.352 e. The van der Waals surface area contributed by atoms with E-state index in [0.29, 0.717) is 12.1 Å². The predicted octanol–water partition coefficient (Wildman–Crippen LogP) is 1.38. The minimum absolute atomic E-state index is 0.0609. The lowest BCUT2D eigenvalue weighted by Gasteiger charge is -2.38. The normalized spacial score (nSPS) is 23.0. The van der Waals surface area contributed by atoms with Gasteiger partial charge in [-0.15, -0.1) is 0 Å². The molecule has 1 unspecified atom stereocenters. The summed E-state index contributed by atoms with van der Waals surface area (Å²) in [7, 11) is 1.87. The predicted molar refractivity (Wildman–Crippen MR) is 82.9 cm³/mol. The Hall–Kier alpha value is -1.10. The molecule has 0 aromatic heterocycles. The van der Waals surface area contributed by atoms with Crippen LogP contribution >= 0.6 is 0 Å². The van der Waals surface area contributed by atoms with Crippen LogP contribution in [0.1, 0.15) is 52.4 Å². The van der Waals surface area contributed by atoms with Gasteiger partial charge in [0.2, 0.25) is 11.8 Å². The Labute approximate surface area is 128 Å². The summed E-state index contributed by atoms with van der Waals surface area (Å²) in [6.07, 6.45) is 6.65. The molecule has 2 fully saturated rings. The Morgan fingerprint density at radius 1 is 1.14 bits per heavy atom. The van der Waals surface area contributed by atoms with Crippen LogP contribution in [0, 0.1) is 0 Å². The third-order valence-electron chi connectivity index (χ3n) is 5.17. The maximum atomic E-state index is 12.3. The molecule has 5 nitrogen and oxygen atoms in total. The zero-order valence-corrected chi connectivity index (χ0v) is 13.6. The highest BCUT2D eigenvalue weighted by Gasteiger charge is 2.30. The van der Waals surface area contributed by atoms with Crippen molar-refractivity contribution in [2.45, 2.75) is 70.5 Å². The van der Waals surface area contributed by atoms with E-state index in [1.165, 1.54) is 12.8 Å². The van der Waals surface area contributed by atoms with Crippen LogP contribution in [0.15, 0.2) is 0 Å². The molecule has 0 bridgehead atoms. The van der Waals surface area contributed by atoms with E-state index >= 15 is 0 Å². The number of carbonyl (C=O) groups excluding carboxylic acids is 2. The number of nitrogens with one attached hydrogen (secondary N) is 1. The first-order valence-corrected chi connectivity index (χ1v) is 8.27. The lowest BCUT2D eigenvalue weighted by Crippen LogP contribution is -2.52. The second-order valence-corrected chi connectivity index (χ2v) is 6.56. The maximum absolute atomic E-state index is 12.3. The van der Waals surface area contributed by atoms with Crippen molar-refractivity contribution < 1.29 is 9.59 Å². The lowest BCUT2D eigenvalue weighted by molar-refractivity contribution is -0.132. The summed E-state index contributed by atoms with van der Waals surface area (Å²) in [5.41, 5.74) is 0. The number of hydrogen-bond donors (Lipinski definition) is 1. The molecule has 1 aliphatic heterocycles. The van der Waals surface area contributed by atoms with E-state index in [4.69, 9.17) is 0 Å². The topological polar surface area (TPSA) is 52.7 Å². The van der Waals surface area contributed by atoms with Gasteiger partial charge in [0.05, 0.1) is 6.04 Å². The second kappa shape index (κ2) is 7.25. The summed E-state index contributed by atoms with van der Waals surface area (Å²) < 4.78 is 0. The molecule has 21 heavy (non-hydrogen) atoms. The van der Waals surface area contributed by atoms with Gasteiger partial charge in [0, 0.05) is 39.1 Å². The average Bonchev–Trinajstić information content (AvgIpc) is 2.98. The maximum Gasteiger partial charge on any atom is 0.237 e. The fourth-order valence-electron chi connectivity index (χ4n) is 3.48. The quantitative estimate of drug-likeness (QED) is 0.852. The summed E-state index contributed by atoms with van der Waals surface area (Å²) in [6.45, 7) is 5.40. The summed E-state index contributed by atoms with van der Waals surface area (Å²) in [5, 5.41) is 3.18. The largest absolute Gasteiger partial charge is 0.352 e. The molecule has 120 valence electrons. The fraction of sp³-hybridized carbons (Fsp3) is 0.875. The van der Waals surface area contributed by atoms with E-state index in [1.54, 1.807) is 6.92 Å². The molecule has 0 aromatic rings. The van der Waals surface area contributed by atoms with E-state index in [0.717, 1.165) is 38.8 Å². The van der Waals surface area contributed by atoms with Gasteiger partial charge in [-0.05, 0) is 32.6 Å². The molecular weight excluding hydrogens is 266 g/mol. The van der Waals surface area contributed by atoms with Crippen LogP contribution in [0.5, 0.6) is 0 Å². The van der Waals surface area contributed by atoms with Gasteiger partial charge in [-0.1, -0.05) is 12.8 Å². The highest BCUT2D eigenvalue weighted by molar-refractivity contribution is 5.81. The molecule has 1 saturated heterocycles. The number of amides is 2. The van der Waals surface area contributed by atoms with Crippen molar-refractivity contribution in [3.8, 4) is 0 Å². The Balaban J connectivity index is 1.78. The number of rotatable bonds is 4. The minimum atomic E-state index is -0.0609. The molecule has 1 saturated carbocycles. The van der Waals surface area contributed by atoms with Crippen molar-refractivity contribution in [2.24, 2.45) is 0 Å². The van der Waals surface area contributed by atoms with Gasteiger partial charge in [-0.2, -0.15) is 0 Å². The molecule has 1 atom stereocenters. The molecule has 2 rings (SSSR count). The van der Waals surface area contributed by atoms with Crippen LogP contribution in [0.25, 0.3) is 0 Å². The summed E-state index contributed by atoms with van der Waals surface area (Å²) in [5.74, 6) is 0.292. The van der Waals surface area contributed by atoms with Gasteiger partial charge < -0.3 is 10.2 Å². The Morgan fingerprint density at radius 2 is 1.71 bits per heavy atom. The van der Waals surface area contributed by atoms with E-state index in [1.807, 2.05) is 18.9 Å². The number of hydrogen-bond acceptors (Lipinski definition) is 3. The summed E-state index contributed by atoms with van der Waals surface area (Å²) in [4.78, 5) is 27.8. The number of piperidine rings is 1. The van der Waals surface area contributed by atoms with Crippen LogP contribution in [-0.4, -0.2) is 59.9 Å². The highest BCUT2D eigenvalue weighted by Crippen LogP contribution is 2.20. The van der Waals surface area contributed by atoms with Crippen molar-refractivity contribution in [2.75, 3.05) is 20.1 Å². The van der Waals surface area contributed by atoms with Crippen LogP contribution in [0.2, 0.25) is 0 Å². The number of carbonyl (C=O) groups is 2. The SMILES string of the molecule is CC(=O)N(C)C1CCN(C(C)C(=O)NC2CCCC2)CC1. The van der Waals surface area contributed by atoms with Gasteiger partial charge in [-0.3, -0.25) is 14.5 Å². The zero-order chi connectivity index (χ0) is 15.4. The van der Waals surface area contributed by atoms with E-state index in [-0.39, 0.29) is 17.9 Å².